The topological polar surface area (TPSA) is 41.6 Å². The van der Waals surface area contributed by atoms with E-state index in [0.29, 0.717) is 18.8 Å². The van der Waals surface area contributed by atoms with Gasteiger partial charge < -0.3 is 10.1 Å². The Morgan fingerprint density at radius 3 is 3.13 bits per heavy atom. The van der Waals surface area contributed by atoms with E-state index in [1.54, 1.807) is 0 Å². The van der Waals surface area contributed by atoms with E-state index in [1.165, 1.54) is 0 Å². The summed E-state index contributed by atoms with van der Waals surface area (Å²) in [6, 6.07) is 0. The second-order valence-electron chi connectivity index (χ2n) is 3.63. The molecule has 1 aliphatic heterocycles. The molecule has 88 valence electrons. The fourth-order valence-electron chi connectivity index (χ4n) is 1.59. The lowest BCUT2D eigenvalue weighted by Gasteiger charge is -2.32. The van der Waals surface area contributed by atoms with Crippen molar-refractivity contribution in [3.8, 4) is 0 Å². The Hall–Kier alpha value is -0.320. The molecule has 1 unspecified atom stereocenters. The highest BCUT2D eigenvalue weighted by atomic mass is 35.5. The molecule has 4 nitrogen and oxygen atoms in total. The van der Waals surface area contributed by atoms with Crippen molar-refractivity contribution in [3.63, 3.8) is 0 Å². The molecule has 0 saturated carbocycles. The van der Waals surface area contributed by atoms with E-state index in [2.05, 4.69) is 17.1 Å². The van der Waals surface area contributed by atoms with Crippen molar-refractivity contribution in [2.45, 2.75) is 19.4 Å². The molecule has 1 aliphatic rings. The first-order valence-corrected chi connectivity index (χ1v) is 5.96. The number of likely N-dealkylation sites (N-methyl/N-ethyl adjacent to an activating group) is 1. The second-order valence-corrected chi connectivity index (χ2v) is 4.01. The van der Waals surface area contributed by atoms with Gasteiger partial charge in [0.1, 0.15) is 0 Å². The summed E-state index contributed by atoms with van der Waals surface area (Å²) in [5, 5.41) is 2.82. The van der Waals surface area contributed by atoms with Gasteiger partial charge >= 0.3 is 0 Å². The van der Waals surface area contributed by atoms with Crippen LogP contribution in [-0.4, -0.2) is 55.6 Å². The zero-order valence-electron chi connectivity index (χ0n) is 9.17. The first-order chi connectivity index (χ1) is 7.26. The van der Waals surface area contributed by atoms with Crippen LogP contribution in [0.15, 0.2) is 0 Å². The number of alkyl halides is 1. The molecule has 1 atom stereocenters. The molecule has 1 amide bonds. The molecule has 1 rings (SSSR count). The Morgan fingerprint density at radius 2 is 2.47 bits per heavy atom. The average Bonchev–Trinajstić information content (AvgIpc) is 2.27. The number of rotatable bonds is 5. The highest BCUT2D eigenvalue weighted by molar-refractivity contribution is 6.18. The predicted octanol–water partition coefficient (Wildman–Crippen LogP) is 0.452. The molecule has 0 aromatic rings. The van der Waals surface area contributed by atoms with Crippen LogP contribution in [0.4, 0.5) is 0 Å². The van der Waals surface area contributed by atoms with Gasteiger partial charge in [-0.3, -0.25) is 9.69 Å². The molecule has 5 heteroatoms. The number of carbonyl (C=O) groups excluding carboxylic acids is 1. The van der Waals surface area contributed by atoms with Crippen LogP contribution in [-0.2, 0) is 9.53 Å². The first kappa shape index (κ1) is 12.7. The molecular weight excluding hydrogens is 216 g/mol. The van der Waals surface area contributed by atoms with Gasteiger partial charge in [-0.1, -0.05) is 6.92 Å². The van der Waals surface area contributed by atoms with Gasteiger partial charge in [0.15, 0.2) is 0 Å². The minimum Gasteiger partial charge on any atom is -0.374 e. The van der Waals surface area contributed by atoms with Crippen molar-refractivity contribution in [1.29, 1.82) is 0 Å². The van der Waals surface area contributed by atoms with Crippen LogP contribution >= 0.6 is 11.6 Å². The number of hydrogen-bond donors (Lipinski definition) is 1. The summed E-state index contributed by atoms with van der Waals surface area (Å²) in [5.74, 6) is 0.376. The van der Waals surface area contributed by atoms with E-state index < -0.39 is 0 Å². The summed E-state index contributed by atoms with van der Waals surface area (Å²) in [6.07, 6.45) is 0.504. The van der Waals surface area contributed by atoms with Crippen LogP contribution in [0.2, 0.25) is 0 Å². The van der Waals surface area contributed by atoms with Crippen LogP contribution in [0.25, 0.3) is 0 Å². The van der Waals surface area contributed by atoms with Crippen LogP contribution in [0.5, 0.6) is 0 Å². The van der Waals surface area contributed by atoms with Gasteiger partial charge in [0.25, 0.3) is 0 Å². The number of carbonyl (C=O) groups is 1. The van der Waals surface area contributed by atoms with Crippen molar-refractivity contribution >= 4 is 17.5 Å². The minimum absolute atomic E-state index is 0.00206. The van der Waals surface area contributed by atoms with Crippen LogP contribution in [0.3, 0.4) is 0 Å². The predicted molar refractivity (Wildman–Crippen MR) is 60.2 cm³/mol. The lowest BCUT2D eigenvalue weighted by Crippen LogP contribution is -2.47. The van der Waals surface area contributed by atoms with Crippen LogP contribution in [0.1, 0.15) is 13.3 Å². The fraction of sp³-hybridized carbons (Fsp3) is 0.900. The van der Waals surface area contributed by atoms with Crippen molar-refractivity contribution < 1.29 is 9.53 Å². The molecule has 0 bridgehead atoms. The highest BCUT2D eigenvalue weighted by Gasteiger charge is 2.19. The minimum atomic E-state index is 0.00206. The third-order valence-corrected chi connectivity index (χ3v) is 2.71. The van der Waals surface area contributed by atoms with Crippen molar-refractivity contribution in [3.05, 3.63) is 0 Å². The molecule has 1 fully saturated rings. The number of hydrogen-bond acceptors (Lipinski definition) is 3. The van der Waals surface area contributed by atoms with Gasteiger partial charge in [-0.15, -0.1) is 11.6 Å². The molecule has 1 saturated heterocycles. The molecular formula is C10H19ClN2O2. The van der Waals surface area contributed by atoms with Gasteiger partial charge in [0.05, 0.1) is 12.7 Å². The Bertz CT molecular complexity index is 202. The van der Waals surface area contributed by atoms with Gasteiger partial charge in [-0.2, -0.15) is 0 Å². The lowest BCUT2D eigenvalue weighted by atomic mass is 10.2. The molecule has 0 radical (unpaired) electrons. The summed E-state index contributed by atoms with van der Waals surface area (Å²) < 4.78 is 5.55. The van der Waals surface area contributed by atoms with Crippen molar-refractivity contribution in [2.75, 3.05) is 38.7 Å². The zero-order valence-corrected chi connectivity index (χ0v) is 9.92. The number of ether oxygens (including phenoxy) is 1. The first-order valence-electron chi connectivity index (χ1n) is 5.43. The van der Waals surface area contributed by atoms with E-state index >= 15 is 0 Å². The zero-order chi connectivity index (χ0) is 11.1. The summed E-state index contributed by atoms with van der Waals surface area (Å²) in [5.41, 5.74) is 0. The normalized spacial score (nSPS) is 22.7. The molecule has 15 heavy (non-hydrogen) atoms. The maximum atomic E-state index is 11.2. The van der Waals surface area contributed by atoms with E-state index in [1.807, 2.05) is 0 Å². The van der Waals surface area contributed by atoms with E-state index in [4.69, 9.17) is 16.3 Å². The standard InChI is InChI=1S/C10H19ClN2O2/c1-2-13-5-6-15-9(8-13)7-12-10(14)3-4-11/h9H,2-8H2,1H3,(H,12,14). The molecule has 0 aromatic carbocycles. The Morgan fingerprint density at radius 1 is 1.67 bits per heavy atom. The smallest absolute Gasteiger partial charge is 0.221 e. The summed E-state index contributed by atoms with van der Waals surface area (Å²) >= 11 is 5.46. The number of nitrogens with zero attached hydrogens (tertiary/aromatic N) is 1. The maximum Gasteiger partial charge on any atom is 0.221 e. The number of amides is 1. The van der Waals surface area contributed by atoms with Crippen LogP contribution < -0.4 is 5.32 Å². The van der Waals surface area contributed by atoms with Gasteiger partial charge in [-0.25, -0.2) is 0 Å². The summed E-state index contributed by atoms with van der Waals surface area (Å²) in [7, 11) is 0. The van der Waals surface area contributed by atoms with E-state index in [0.717, 1.165) is 26.2 Å². The van der Waals surface area contributed by atoms with Gasteiger partial charge in [0, 0.05) is 31.9 Å². The summed E-state index contributed by atoms with van der Waals surface area (Å²) in [4.78, 5) is 13.5. The Balaban J connectivity index is 2.17. The SMILES string of the molecule is CCN1CCOC(CNC(=O)CCCl)C1. The maximum absolute atomic E-state index is 11.2. The largest absolute Gasteiger partial charge is 0.374 e. The number of morpholine rings is 1. The number of halogens is 1. The molecule has 1 heterocycles. The van der Waals surface area contributed by atoms with E-state index in [9.17, 15) is 4.79 Å². The average molecular weight is 235 g/mol. The van der Waals surface area contributed by atoms with Crippen LogP contribution in [0, 0.1) is 0 Å². The van der Waals surface area contributed by atoms with Crippen molar-refractivity contribution in [2.24, 2.45) is 0 Å². The fourth-order valence-corrected chi connectivity index (χ4v) is 1.76. The monoisotopic (exact) mass is 234 g/mol. The molecule has 0 spiro atoms. The second kappa shape index (κ2) is 7.04. The van der Waals surface area contributed by atoms with Crippen molar-refractivity contribution in [1.82, 2.24) is 10.2 Å². The highest BCUT2D eigenvalue weighted by Crippen LogP contribution is 2.03. The lowest BCUT2D eigenvalue weighted by molar-refractivity contribution is -0.121. The molecule has 0 aromatic heterocycles. The van der Waals surface area contributed by atoms with Gasteiger partial charge in [0.2, 0.25) is 5.91 Å². The van der Waals surface area contributed by atoms with E-state index in [-0.39, 0.29) is 12.0 Å². The summed E-state index contributed by atoms with van der Waals surface area (Å²) in [6.45, 7) is 6.40. The Kier molecular flexibility index (Phi) is 5.98. The van der Waals surface area contributed by atoms with Gasteiger partial charge in [-0.05, 0) is 6.54 Å². The quantitative estimate of drug-likeness (QED) is 0.703. The third-order valence-electron chi connectivity index (χ3n) is 2.52. The Labute approximate surface area is 95.9 Å². The molecule has 1 N–H and O–H groups in total. The molecule has 0 aliphatic carbocycles. The third kappa shape index (κ3) is 4.82. The number of nitrogens with one attached hydrogen (secondary N) is 1.